The standard InChI is InChI=1S/C18H27N3O3/c1-2-24-17(23)21-13-3-4-14(21)10-15(9-13)20-7-5-18(6-8-20)11-16(22)19-12-18/h9,13-14H,2-8,10-12H2,1H3,(H,19,22)/i1D3,2D2. The van der Waals surface area contributed by atoms with Crippen molar-refractivity contribution in [3.63, 3.8) is 0 Å². The van der Waals surface area contributed by atoms with Crippen LogP contribution in [0.5, 0.6) is 0 Å². The summed E-state index contributed by atoms with van der Waals surface area (Å²) >= 11 is 0. The second kappa shape index (κ2) is 5.97. The summed E-state index contributed by atoms with van der Waals surface area (Å²) in [6, 6.07) is -0.306. The SMILES string of the molecule is [2H]C([2H])([2H])C([2H])([2H])OC(=O)N1C2C=C(N3CCC4(CC3)CNC(=O)C4)CC1CC2. The fourth-order valence-corrected chi connectivity index (χ4v) is 4.80. The summed E-state index contributed by atoms with van der Waals surface area (Å²) in [6.07, 6.45) is 5.88. The number of hydrogen-bond donors (Lipinski definition) is 1. The van der Waals surface area contributed by atoms with Crippen LogP contribution < -0.4 is 5.32 Å². The third-order valence-electron chi connectivity index (χ3n) is 6.15. The molecule has 0 aromatic carbocycles. The fourth-order valence-electron chi connectivity index (χ4n) is 4.80. The van der Waals surface area contributed by atoms with Crippen LogP contribution >= 0.6 is 0 Å². The van der Waals surface area contributed by atoms with Crippen LogP contribution in [-0.2, 0) is 9.53 Å². The molecule has 0 radical (unpaired) electrons. The van der Waals surface area contributed by atoms with Crippen LogP contribution in [0.2, 0.25) is 0 Å². The van der Waals surface area contributed by atoms with E-state index in [1.54, 1.807) is 0 Å². The van der Waals surface area contributed by atoms with Crippen LogP contribution in [-0.4, -0.2) is 60.1 Å². The van der Waals surface area contributed by atoms with Gasteiger partial charge in [0.1, 0.15) is 0 Å². The molecule has 0 aromatic heterocycles. The molecule has 4 aliphatic rings. The van der Waals surface area contributed by atoms with Gasteiger partial charge in [-0.05, 0) is 44.0 Å². The summed E-state index contributed by atoms with van der Waals surface area (Å²) in [5.74, 6) is 0.138. The van der Waals surface area contributed by atoms with Crippen LogP contribution in [0.1, 0.15) is 52.2 Å². The van der Waals surface area contributed by atoms with Crippen molar-refractivity contribution in [3.8, 4) is 0 Å². The molecule has 2 atom stereocenters. The van der Waals surface area contributed by atoms with E-state index in [9.17, 15) is 9.59 Å². The van der Waals surface area contributed by atoms with E-state index in [1.807, 2.05) is 6.08 Å². The zero-order chi connectivity index (χ0) is 21.0. The molecule has 2 bridgehead atoms. The van der Waals surface area contributed by atoms with Gasteiger partial charge in [0.15, 0.2) is 0 Å². The molecule has 1 spiro atoms. The Bertz CT molecular complexity index is 731. The highest BCUT2D eigenvalue weighted by atomic mass is 16.6. The molecule has 0 saturated carbocycles. The Morgan fingerprint density at radius 1 is 1.50 bits per heavy atom. The molecule has 3 saturated heterocycles. The Morgan fingerprint density at radius 2 is 2.33 bits per heavy atom. The van der Waals surface area contributed by atoms with Crippen LogP contribution in [0.3, 0.4) is 0 Å². The highest BCUT2D eigenvalue weighted by Crippen LogP contribution is 2.41. The number of fused-ring (bicyclic) bond motifs is 2. The molecule has 132 valence electrons. The molecule has 6 nitrogen and oxygen atoms in total. The van der Waals surface area contributed by atoms with Gasteiger partial charge in [0, 0.05) is 48.3 Å². The van der Waals surface area contributed by atoms with Gasteiger partial charge in [-0.3, -0.25) is 9.69 Å². The van der Waals surface area contributed by atoms with Gasteiger partial charge in [0.2, 0.25) is 5.91 Å². The van der Waals surface area contributed by atoms with Crippen molar-refractivity contribution >= 4 is 12.0 Å². The number of amides is 2. The lowest BCUT2D eigenvalue weighted by molar-refractivity contribution is -0.119. The summed E-state index contributed by atoms with van der Waals surface area (Å²) in [5, 5.41) is 2.95. The second-order valence-corrected chi connectivity index (χ2v) is 7.48. The Kier molecular flexibility index (Phi) is 2.74. The van der Waals surface area contributed by atoms with Crippen molar-refractivity contribution in [2.75, 3.05) is 26.2 Å². The van der Waals surface area contributed by atoms with E-state index < -0.39 is 19.5 Å². The first kappa shape index (κ1) is 11.0. The number of nitrogens with one attached hydrogen (secondary N) is 1. The van der Waals surface area contributed by atoms with Gasteiger partial charge < -0.3 is 15.0 Å². The summed E-state index contributed by atoms with van der Waals surface area (Å²) < 4.78 is 41.5. The van der Waals surface area contributed by atoms with Gasteiger partial charge in [-0.25, -0.2) is 4.79 Å². The van der Waals surface area contributed by atoms with E-state index in [0.29, 0.717) is 12.8 Å². The average molecular weight is 338 g/mol. The number of hydrogen-bond acceptors (Lipinski definition) is 4. The maximum atomic E-state index is 12.5. The quantitative estimate of drug-likeness (QED) is 0.835. The predicted octanol–water partition coefficient (Wildman–Crippen LogP) is 1.87. The van der Waals surface area contributed by atoms with Crippen molar-refractivity contribution in [1.82, 2.24) is 15.1 Å². The third kappa shape index (κ3) is 2.66. The summed E-state index contributed by atoms with van der Waals surface area (Å²) in [4.78, 5) is 28.0. The van der Waals surface area contributed by atoms with E-state index in [1.165, 1.54) is 10.6 Å². The fraction of sp³-hybridized carbons (Fsp3) is 0.778. The average Bonchev–Trinajstić information content (AvgIpc) is 3.11. The number of likely N-dealkylation sites (tertiary alicyclic amines) is 1. The minimum Gasteiger partial charge on any atom is -0.450 e. The highest BCUT2D eigenvalue weighted by Gasteiger charge is 2.44. The third-order valence-corrected chi connectivity index (χ3v) is 6.15. The van der Waals surface area contributed by atoms with Crippen LogP contribution in [0.15, 0.2) is 11.8 Å². The zero-order valence-electron chi connectivity index (χ0n) is 18.7. The Balaban J connectivity index is 1.40. The second-order valence-electron chi connectivity index (χ2n) is 7.48. The predicted molar refractivity (Wildman–Crippen MR) is 89.2 cm³/mol. The number of ether oxygens (including phenoxy) is 1. The summed E-state index contributed by atoms with van der Waals surface area (Å²) in [7, 11) is 0. The van der Waals surface area contributed by atoms with Gasteiger partial charge in [-0.1, -0.05) is 0 Å². The summed E-state index contributed by atoms with van der Waals surface area (Å²) in [6.45, 7) is -3.52. The molecule has 6 heteroatoms. The van der Waals surface area contributed by atoms with E-state index in [4.69, 9.17) is 11.6 Å². The molecule has 4 rings (SSSR count). The minimum absolute atomic E-state index is 0.0818. The number of nitrogens with zero attached hydrogens (tertiary/aromatic N) is 2. The number of piperidine rings is 1. The van der Waals surface area contributed by atoms with Crippen molar-refractivity contribution in [2.24, 2.45) is 5.41 Å². The van der Waals surface area contributed by atoms with E-state index in [2.05, 4.69) is 10.2 Å². The number of carbonyl (C=O) groups is 2. The van der Waals surface area contributed by atoms with Gasteiger partial charge in [-0.2, -0.15) is 0 Å². The lowest BCUT2D eigenvalue weighted by atomic mass is 9.77. The molecule has 2 unspecified atom stereocenters. The first-order chi connectivity index (χ1) is 13.5. The van der Waals surface area contributed by atoms with Crippen LogP contribution in [0.4, 0.5) is 4.79 Å². The Labute approximate surface area is 150 Å². The maximum Gasteiger partial charge on any atom is 0.410 e. The van der Waals surface area contributed by atoms with E-state index >= 15 is 0 Å². The molecular weight excluding hydrogens is 306 g/mol. The zero-order valence-corrected chi connectivity index (χ0v) is 13.7. The van der Waals surface area contributed by atoms with Gasteiger partial charge in [0.05, 0.1) is 15.3 Å². The molecule has 24 heavy (non-hydrogen) atoms. The highest BCUT2D eigenvalue weighted by molar-refractivity contribution is 5.79. The van der Waals surface area contributed by atoms with Crippen LogP contribution in [0, 0.1) is 5.41 Å². The first-order valence-electron chi connectivity index (χ1n) is 11.2. The maximum absolute atomic E-state index is 12.5. The van der Waals surface area contributed by atoms with Gasteiger partial charge in [0.25, 0.3) is 0 Å². The monoisotopic (exact) mass is 338 g/mol. The topological polar surface area (TPSA) is 61.9 Å². The molecule has 1 N–H and O–H groups in total. The Hall–Kier alpha value is -1.72. The largest absolute Gasteiger partial charge is 0.450 e. The molecular formula is C18H27N3O3. The Morgan fingerprint density at radius 3 is 3.00 bits per heavy atom. The van der Waals surface area contributed by atoms with Crippen LogP contribution in [0.25, 0.3) is 0 Å². The molecule has 0 aromatic rings. The first-order valence-corrected chi connectivity index (χ1v) is 8.73. The minimum atomic E-state index is -3.03. The van der Waals surface area contributed by atoms with Gasteiger partial charge in [-0.15, -0.1) is 0 Å². The molecule has 0 aliphatic carbocycles. The smallest absolute Gasteiger partial charge is 0.410 e. The number of rotatable bonds is 2. The normalized spacial score (nSPS) is 35.4. The van der Waals surface area contributed by atoms with E-state index in [0.717, 1.165) is 45.3 Å². The molecule has 2 amide bonds. The van der Waals surface area contributed by atoms with Crippen molar-refractivity contribution < 1.29 is 21.2 Å². The van der Waals surface area contributed by atoms with Gasteiger partial charge >= 0.3 is 6.09 Å². The lowest BCUT2D eigenvalue weighted by Gasteiger charge is -2.43. The lowest BCUT2D eigenvalue weighted by Crippen LogP contribution is -2.47. The summed E-state index contributed by atoms with van der Waals surface area (Å²) in [5.41, 5.74) is 1.27. The van der Waals surface area contributed by atoms with Crippen molar-refractivity contribution in [3.05, 3.63) is 11.8 Å². The van der Waals surface area contributed by atoms with Crippen molar-refractivity contribution in [1.29, 1.82) is 0 Å². The van der Waals surface area contributed by atoms with Crippen molar-refractivity contribution in [2.45, 2.75) is 57.5 Å². The molecule has 4 aliphatic heterocycles. The number of carbonyl (C=O) groups excluding carboxylic acids is 2. The molecule has 4 heterocycles. The van der Waals surface area contributed by atoms with E-state index in [-0.39, 0.29) is 23.4 Å². The molecule has 3 fully saturated rings.